The average Bonchev–Trinajstić information content (AvgIpc) is 0.722. The molecular weight excluding hydrogens is 125 g/mol. The number of rotatable bonds is 0. The molecule has 0 amide bonds. The molecule has 0 aliphatic heterocycles. The van der Waals surface area contributed by atoms with Gasteiger partial charge in [-0.3, -0.25) is 0 Å². The zero-order chi connectivity index (χ0) is 4.50. The van der Waals surface area contributed by atoms with Gasteiger partial charge in [-0.2, -0.15) is 0 Å². The summed E-state index contributed by atoms with van der Waals surface area (Å²) in [6.45, 7) is 0. The van der Waals surface area contributed by atoms with Gasteiger partial charge in [0.1, 0.15) is 0 Å². The fourth-order valence-electron chi connectivity index (χ4n) is 0. The third-order valence-electron chi connectivity index (χ3n) is 0. The molecule has 3 N–H and O–H groups in total. The van der Waals surface area contributed by atoms with Crippen LogP contribution in [-0.2, 0) is 4.57 Å². The van der Waals surface area contributed by atoms with Crippen molar-refractivity contribution in [2.75, 3.05) is 0 Å². The van der Waals surface area contributed by atoms with Gasteiger partial charge in [-0.25, -0.2) is 4.57 Å². The number of hydrogen-bond donors (Lipinski definition) is 3. The second-order valence-electron chi connectivity index (χ2n) is 0.513. The molecule has 0 unspecified atom stereocenters. The molecule has 0 saturated heterocycles. The van der Waals surface area contributed by atoms with Gasteiger partial charge < -0.3 is 17.5 Å². The Labute approximate surface area is 79.5 Å². The Morgan fingerprint density at radius 2 is 1.43 bits per heavy atom. The normalized spacial score (nSPS) is 8.43. The summed E-state index contributed by atoms with van der Waals surface area (Å²) in [4.78, 5) is 21.6. The van der Waals surface area contributed by atoms with Crippen molar-refractivity contribution in [2.24, 2.45) is 0 Å². The van der Waals surface area contributed by atoms with E-state index in [4.69, 9.17) is 19.2 Å². The van der Waals surface area contributed by atoms with Crippen LogP contribution in [0.25, 0.3) is 0 Å². The van der Waals surface area contributed by atoms with Crippen molar-refractivity contribution in [2.45, 2.75) is 0 Å². The molecule has 0 rings (SSSR count). The molecule has 0 aliphatic carbocycles. The molecule has 0 aromatic heterocycles. The van der Waals surface area contributed by atoms with Crippen molar-refractivity contribution < 1.29 is 71.9 Å². The predicted molar refractivity (Wildman–Crippen MR) is 17.6 cm³/mol. The van der Waals surface area contributed by atoms with Crippen LogP contribution in [0.1, 0.15) is 4.28 Å². The van der Waals surface area contributed by atoms with Gasteiger partial charge in [-0.05, 0) is 0 Å². The standard InChI is InChI=1S/Li.Na.H3O4P.2H/c;;1-5(2,3)4;;/h;;(H3,1,2,3,4);;/q2*+1;;2*-1/p+1. The Hall–Kier alpha value is 1.71. The molecule has 0 saturated carbocycles. The Morgan fingerprint density at radius 1 is 1.43 bits per heavy atom. The van der Waals surface area contributed by atoms with Crippen molar-refractivity contribution in [1.29, 1.82) is 0 Å². The molecule has 0 aromatic rings. The largest absolute Gasteiger partial charge is 1.00 e. The van der Waals surface area contributed by atoms with E-state index < -0.39 is 7.82 Å². The molecule has 4 nitrogen and oxygen atoms in total. The third-order valence-corrected chi connectivity index (χ3v) is 0. The van der Waals surface area contributed by atoms with E-state index in [9.17, 15) is 0 Å². The van der Waals surface area contributed by atoms with Crippen molar-refractivity contribution in [1.82, 2.24) is 0 Å². The number of hydrogen-bond acceptors (Lipinski definition) is 1. The maximum absolute atomic E-state index is 8.88. The molecule has 0 aromatic carbocycles. The molecule has 0 heterocycles. The van der Waals surface area contributed by atoms with Crippen LogP contribution in [0.4, 0.5) is 0 Å². The maximum atomic E-state index is 8.88. The van der Waals surface area contributed by atoms with Gasteiger partial charge in [0.25, 0.3) is 0 Å². The summed E-state index contributed by atoms with van der Waals surface area (Å²) in [6, 6.07) is 0. The minimum Gasteiger partial charge on any atom is -1.00 e. The minimum absolute atomic E-state index is 0. The maximum Gasteiger partial charge on any atom is 1.00 e. The SMILES string of the molecule is O=P(O)(O)O.[H+].[H-].[H-].[Li+].[Na+]. The van der Waals surface area contributed by atoms with E-state index in [0.717, 1.165) is 0 Å². The Kier molecular flexibility index (Phi) is 13.2. The van der Waals surface area contributed by atoms with Crippen molar-refractivity contribution >= 4 is 7.82 Å². The van der Waals surface area contributed by atoms with Crippen LogP contribution in [-0.4, -0.2) is 14.7 Å². The van der Waals surface area contributed by atoms with Gasteiger partial charge in [-0.15, -0.1) is 0 Å². The van der Waals surface area contributed by atoms with Crippen LogP contribution in [0, 0.1) is 0 Å². The van der Waals surface area contributed by atoms with Crippen LogP contribution in [0.2, 0.25) is 0 Å². The van der Waals surface area contributed by atoms with Crippen molar-refractivity contribution in [3.05, 3.63) is 0 Å². The van der Waals surface area contributed by atoms with Gasteiger partial charge in [0, 0.05) is 0 Å². The van der Waals surface area contributed by atoms with Crippen molar-refractivity contribution in [3.8, 4) is 0 Å². The molecule has 0 spiro atoms. The van der Waals surface area contributed by atoms with E-state index in [1.807, 2.05) is 0 Å². The van der Waals surface area contributed by atoms with Gasteiger partial charge in [0.05, 0.1) is 0 Å². The van der Waals surface area contributed by atoms with E-state index in [0.29, 0.717) is 0 Å². The fraction of sp³-hybridized carbons (Fsp3) is 0. The van der Waals surface area contributed by atoms with E-state index >= 15 is 0 Å². The molecule has 7 heavy (non-hydrogen) atoms. The van der Waals surface area contributed by atoms with Crippen molar-refractivity contribution in [3.63, 3.8) is 0 Å². The summed E-state index contributed by atoms with van der Waals surface area (Å²) < 4.78 is 8.88. The first-order valence-corrected chi connectivity index (χ1v) is 2.35. The van der Waals surface area contributed by atoms with Gasteiger partial charge in [-0.1, -0.05) is 0 Å². The minimum atomic E-state index is -4.64. The fourth-order valence-corrected chi connectivity index (χ4v) is 0. The van der Waals surface area contributed by atoms with Gasteiger partial charge >= 0.3 is 57.7 Å². The third kappa shape index (κ3) is 86.1. The topological polar surface area (TPSA) is 77.8 Å². The molecule has 36 valence electrons. The van der Waals surface area contributed by atoms with Crippen LogP contribution in [0.15, 0.2) is 0 Å². The summed E-state index contributed by atoms with van der Waals surface area (Å²) in [5, 5.41) is 0. The van der Waals surface area contributed by atoms with Gasteiger partial charge in [0.2, 0.25) is 0 Å². The van der Waals surface area contributed by atoms with Crippen LogP contribution < -0.4 is 48.4 Å². The van der Waals surface area contributed by atoms with E-state index in [2.05, 4.69) is 0 Å². The first-order valence-electron chi connectivity index (χ1n) is 0.783. The first-order chi connectivity index (χ1) is 2.00. The smallest absolute Gasteiger partial charge is 1.00 e. The Morgan fingerprint density at radius 3 is 1.43 bits per heavy atom. The summed E-state index contributed by atoms with van der Waals surface area (Å²) in [6.07, 6.45) is 0. The predicted octanol–water partition coefficient (Wildman–Crippen LogP) is -6.58. The summed E-state index contributed by atoms with van der Waals surface area (Å²) in [5.41, 5.74) is 0. The van der Waals surface area contributed by atoms with Crippen LogP contribution >= 0.6 is 7.82 Å². The average molecular weight is 131 g/mol. The molecule has 0 fully saturated rings. The van der Waals surface area contributed by atoms with Gasteiger partial charge in [0.15, 0.2) is 0 Å². The molecule has 7 heteroatoms. The molecule has 0 aliphatic rings. The molecule has 0 bridgehead atoms. The second-order valence-corrected chi connectivity index (χ2v) is 1.54. The number of phosphoric acid groups is 1. The Balaban J connectivity index is -0.00000000800. The van der Waals surface area contributed by atoms with Crippen LogP contribution in [0.3, 0.4) is 0 Å². The second kappa shape index (κ2) is 5.84. The van der Waals surface area contributed by atoms with E-state index in [1.165, 1.54) is 0 Å². The van der Waals surface area contributed by atoms with E-state index in [1.54, 1.807) is 0 Å². The zero-order valence-corrected chi connectivity index (χ0v) is 7.09. The summed E-state index contributed by atoms with van der Waals surface area (Å²) in [5.74, 6) is 0. The van der Waals surface area contributed by atoms with Crippen LogP contribution in [0.5, 0.6) is 0 Å². The first kappa shape index (κ1) is 15.9. The van der Waals surface area contributed by atoms with E-state index in [-0.39, 0.29) is 52.7 Å². The molecular formula is H6LiNaO4P+. The molecule has 0 atom stereocenters. The summed E-state index contributed by atoms with van der Waals surface area (Å²) >= 11 is 0. The quantitative estimate of drug-likeness (QED) is 0.225. The molecule has 0 radical (unpaired) electrons. The zero-order valence-electron chi connectivity index (χ0n) is 7.20. The summed E-state index contributed by atoms with van der Waals surface area (Å²) in [7, 11) is -4.64. The monoisotopic (exact) mass is 131 g/mol. The Bertz CT molecular complexity index is 66.6.